The van der Waals surface area contributed by atoms with Crippen LogP contribution in [0.3, 0.4) is 0 Å². The molecule has 0 aliphatic carbocycles. The summed E-state index contributed by atoms with van der Waals surface area (Å²) < 4.78 is 31.6. The second kappa shape index (κ2) is 4.60. The monoisotopic (exact) mass is 517 g/mol. The molecule has 0 aromatic heterocycles. The molecule has 0 rings (SSSR count). The minimum atomic E-state index is -5.38. The zero-order valence-corrected chi connectivity index (χ0v) is 13.3. The summed E-state index contributed by atoms with van der Waals surface area (Å²) in [6.45, 7) is -5.38. The van der Waals surface area contributed by atoms with Gasteiger partial charge in [-0.1, -0.05) is 0 Å². The Kier molecular flexibility index (Phi) is 7.29. The van der Waals surface area contributed by atoms with Gasteiger partial charge in [-0.3, -0.25) is 9.11 Å². The normalized spacial score (nSPS) is 16.9. The zero-order chi connectivity index (χ0) is 10.9. The Hall–Kier alpha value is 2.21. The third-order valence-corrected chi connectivity index (χ3v) is 0. The van der Waals surface area contributed by atoms with Gasteiger partial charge in [0.05, 0.1) is 0 Å². The predicted molar refractivity (Wildman–Crippen MR) is 54.3 cm³/mol. The van der Waals surface area contributed by atoms with Crippen LogP contribution in [0.1, 0.15) is 0 Å². The summed E-state index contributed by atoms with van der Waals surface area (Å²) in [5.41, 5.74) is 0. The Balaban J connectivity index is -0.000000150. The molecule has 0 aliphatic rings. The molecule has 0 heterocycles. The predicted octanol–water partition coefficient (Wildman–Crippen LogP) is 3.64. The van der Waals surface area contributed by atoms with Gasteiger partial charge in [0.2, 0.25) is 0 Å². The van der Waals surface area contributed by atoms with Gasteiger partial charge in [-0.2, -0.15) is 8.42 Å². The summed E-state index contributed by atoms with van der Waals surface area (Å²) >= 11 is 0. The van der Waals surface area contributed by atoms with Crippen LogP contribution >= 0.6 is 57.8 Å². The molecule has 0 saturated heterocycles. The van der Waals surface area contributed by atoms with Crippen LogP contribution < -0.4 is 6.15 Å². The first-order valence-electron chi connectivity index (χ1n) is 1.50. The van der Waals surface area contributed by atoms with Gasteiger partial charge in [0.15, 0.2) is 0 Å². The molecule has 0 aromatic carbocycles. The van der Waals surface area contributed by atoms with Gasteiger partial charge >= 0.3 is 74.9 Å². The Morgan fingerprint density at radius 3 is 0.846 bits per heavy atom. The van der Waals surface area contributed by atoms with E-state index in [1.807, 2.05) is 0 Å². The number of halogens is 6. The Labute approximate surface area is 97.5 Å². The maximum absolute atomic E-state index is 8.74. The van der Waals surface area contributed by atoms with Gasteiger partial charge < -0.3 is 6.15 Å². The number of hydrogen-bond acceptors (Lipinski definition) is 3. The summed E-state index contributed by atoms with van der Waals surface area (Å²) in [4.78, 5) is 0. The van der Waals surface area contributed by atoms with E-state index in [1.54, 1.807) is 0 Å². The van der Waals surface area contributed by atoms with E-state index in [9.17, 15) is 0 Å². The van der Waals surface area contributed by atoms with E-state index < -0.39 is 17.0 Å². The third kappa shape index (κ3) is 435. The van der Waals surface area contributed by atoms with Crippen LogP contribution in [0.15, 0.2) is 0 Å². The van der Waals surface area contributed by atoms with Crippen molar-refractivity contribution in [3.8, 4) is 0 Å². The van der Waals surface area contributed by atoms with Gasteiger partial charge in [0.25, 0.3) is 0 Å². The number of rotatable bonds is 0. The van der Waals surface area contributed by atoms with E-state index in [0.29, 0.717) is 0 Å². The van der Waals surface area contributed by atoms with E-state index in [-0.39, 0.29) is 6.15 Å². The van der Waals surface area contributed by atoms with Crippen molar-refractivity contribution in [1.29, 1.82) is 0 Å². The molecule has 0 radical (unpaired) electrons. The maximum atomic E-state index is 8.74. The van der Waals surface area contributed by atoms with Crippen molar-refractivity contribution in [1.82, 2.24) is 6.15 Å². The molecular weight excluding hydrogens is 513 g/mol. The second-order valence-corrected chi connectivity index (χ2v) is 57.2. The van der Waals surface area contributed by atoms with Gasteiger partial charge in [-0.25, -0.2) is 0 Å². The van der Waals surface area contributed by atoms with Crippen LogP contribution in [0.2, 0.25) is 0 Å². The molecule has 0 spiro atoms. The standard InChI is InChI=1S/6ClH.H3N.H2O4S.Os/c;;;;;;;1-5(2,3)4;/h6*1H;1H3;(H2,1,2,3,4);/q;;;;;;;;+6/p-6. The van der Waals surface area contributed by atoms with Crippen molar-refractivity contribution in [3.05, 3.63) is 0 Å². The molecule has 0 bridgehead atoms. The molecule has 90 valence electrons. The first kappa shape index (κ1) is 20.6. The molecule has 0 atom stereocenters. The fraction of sp³-hybridized carbons (Fsp3) is 0. The van der Waals surface area contributed by atoms with Crippen LogP contribution in [0, 0.1) is 0 Å². The molecule has 13 heteroatoms. The molecule has 5 nitrogen and oxygen atoms in total. The second-order valence-electron chi connectivity index (χ2n) is 1.21. The fourth-order valence-corrected chi connectivity index (χ4v) is 0. The molecule has 5 N–H and O–H groups in total. The molecule has 0 amide bonds. The van der Waals surface area contributed by atoms with Crippen molar-refractivity contribution in [2.45, 2.75) is 0 Å². The van der Waals surface area contributed by atoms with Crippen LogP contribution in [0.5, 0.6) is 0 Å². The molecular formula is H5Cl6NO4OsS. The first-order chi connectivity index (χ1) is 4.45. The third-order valence-electron chi connectivity index (χ3n) is 0. The van der Waals surface area contributed by atoms with Crippen molar-refractivity contribution in [2.24, 2.45) is 0 Å². The summed E-state index contributed by atoms with van der Waals surface area (Å²) in [6.07, 6.45) is 0. The van der Waals surface area contributed by atoms with Crippen LogP contribution in [-0.4, -0.2) is 17.5 Å². The zero-order valence-electron chi connectivity index (χ0n) is 5.45. The van der Waals surface area contributed by atoms with E-state index >= 15 is 0 Å². The van der Waals surface area contributed by atoms with Crippen molar-refractivity contribution in [2.75, 3.05) is 0 Å². The van der Waals surface area contributed by atoms with Crippen LogP contribution in [0.25, 0.3) is 0 Å². The first-order valence-corrected chi connectivity index (χ1v) is 21.8. The molecule has 0 saturated carbocycles. The Morgan fingerprint density at radius 2 is 0.846 bits per heavy atom. The van der Waals surface area contributed by atoms with Gasteiger partial charge in [-0.15, -0.1) is 0 Å². The van der Waals surface area contributed by atoms with E-state index in [0.717, 1.165) is 0 Å². The Morgan fingerprint density at radius 1 is 0.846 bits per heavy atom. The molecule has 0 aromatic rings. The number of hydrogen-bond donors (Lipinski definition) is 3. The topological polar surface area (TPSA) is 110 Å². The van der Waals surface area contributed by atoms with Crippen molar-refractivity contribution < 1.29 is 24.2 Å². The van der Waals surface area contributed by atoms with E-state index in [1.165, 1.54) is 0 Å². The summed E-state index contributed by atoms with van der Waals surface area (Å²) in [5.74, 6) is 0. The molecule has 0 fully saturated rings. The fourth-order valence-electron chi connectivity index (χ4n) is 0. The van der Waals surface area contributed by atoms with E-state index in [4.69, 9.17) is 75.3 Å². The summed E-state index contributed by atoms with van der Waals surface area (Å²) in [6, 6.07) is 0. The van der Waals surface area contributed by atoms with Gasteiger partial charge in [-0.05, 0) is 0 Å². The van der Waals surface area contributed by atoms with Crippen LogP contribution in [0.4, 0.5) is 0 Å². The SMILES string of the molecule is N.O=S(=O)(O)O.[Cl][Os]([Cl])([Cl])([Cl])([Cl])[Cl]. The molecule has 0 aliphatic heterocycles. The summed E-state index contributed by atoms with van der Waals surface area (Å²) in [7, 11) is 25.7. The minimum absolute atomic E-state index is 0. The van der Waals surface area contributed by atoms with Crippen molar-refractivity contribution in [3.63, 3.8) is 0 Å². The Bertz CT molecular complexity index is 226. The molecule has 13 heavy (non-hydrogen) atoms. The van der Waals surface area contributed by atoms with Gasteiger partial charge in [0.1, 0.15) is 0 Å². The van der Waals surface area contributed by atoms with E-state index in [2.05, 4.69) is 0 Å². The quantitative estimate of drug-likeness (QED) is 0.425. The van der Waals surface area contributed by atoms with Crippen LogP contribution in [-0.2, 0) is 17.0 Å². The average Bonchev–Trinajstić information content (AvgIpc) is 1.04. The summed E-state index contributed by atoms with van der Waals surface area (Å²) in [5, 5.41) is 0. The average molecular weight is 518 g/mol. The molecule has 0 unspecified atom stereocenters. The van der Waals surface area contributed by atoms with Crippen molar-refractivity contribution >= 4 is 68.2 Å². The van der Waals surface area contributed by atoms with Gasteiger partial charge in [0, 0.05) is 0 Å².